The standard InChI is InChI=1S/C17H21N3O3S2/c1-11-17(12(2)23-19-11)25(21,22)18-9-15(20(3)4)14-10-24-16-8-6-5-7-13(14)16/h5-8,10,15,18H,9H2,1-4H3/t15-/m1/s1. The first kappa shape index (κ1) is 18.1. The summed E-state index contributed by atoms with van der Waals surface area (Å²) in [4.78, 5) is 2.14. The van der Waals surface area contributed by atoms with E-state index in [2.05, 4.69) is 27.4 Å². The summed E-state index contributed by atoms with van der Waals surface area (Å²) < 4.78 is 34.2. The zero-order valence-corrected chi connectivity index (χ0v) is 16.2. The third kappa shape index (κ3) is 3.48. The van der Waals surface area contributed by atoms with Crippen molar-refractivity contribution in [2.24, 2.45) is 0 Å². The summed E-state index contributed by atoms with van der Waals surface area (Å²) in [5.41, 5.74) is 1.49. The van der Waals surface area contributed by atoms with Crippen LogP contribution in [-0.4, -0.2) is 39.1 Å². The van der Waals surface area contributed by atoms with Gasteiger partial charge in [0.25, 0.3) is 0 Å². The van der Waals surface area contributed by atoms with Gasteiger partial charge in [-0.15, -0.1) is 11.3 Å². The number of hydrogen-bond donors (Lipinski definition) is 1. The van der Waals surface area contributed by atoms with Gasteiger partial charge < -0.3 is 9.42 Å². The molecule has 0 aliphatic carbocycles. The average Bonchev–Trinajstić information content (AvgIpc) is 3.11. The lowest BCUT2D eigenvalue weighted by Gasteiger charge is -2.24. The zero-order chi connectivity index (χ0) is 18.2. The van der Waals surface area contributed by atoms with Crippen LogP contribution >= 0.6 is 11.3 Å². The lowest BCUT2D eigenvalue weighted by atomic mass is 10.1. The molecule has 0 aliphatic heterocycles. The fraction of sp³-hybridized carbons (Fsp3) is 0.353. The Hall–Kier alpha value is -1.74. The number of aromatic nitrogens is 1. The molecule has 1 aromatic carbocycles. The van der Waals surface area contributed by atoms with Crippen LogP contribution in [0.3, 0.4) is 0 Å². The highest BCUT2D eigenvalue weighted by Crippen LogP contribution is 2.32. The van der Waals surface area contributed by atoms with Gasteiger partial charge in [0.1, 0.15) is 10.6 Å². The second kappa shape index (κ2) is 6.87. The number of aryl methyl sites for hydroxylation is 2. The van der Waals surface area contributed by atoms with Gasteiger partial charge in [-0.25, -0.2) is 13.1 Å². The fourth-order valence-corrected chi connectivity index (χ4v) is 5.32. The van der Waals surface area contributed by atoms with Crippen LogP contribution in [0, 0.1) is 13.8 Å². The molecule has 1 atom stereocenters. The molecule has 0 aliphatic rings. The second-order valence-corrected chi connectivity index (χ2v) is 8.79. The number of likely N-dealkylation sites (N-methyl/N-ethyl adjacent to an activating group) is 1. The maximum atomic E-state index is 12.7. The average molecular weight is 380 g/mol. The van der Waals surface area contributed by atoms with Crippen LogP contribution in [0.2, 0.25) is 0 Å². The largest absolute Gasteiger partial charge is 0.360 e. The Kier molecular flexibility index (Phi) is 4.97. The molecule has 0 bridgehead atoms. The lowest BCUT2D eigenvalue weighted by molar-refractivity contribution is 0.301. The molecule has 0 amide bonds. The summed E-state index contributed by atoms with van der Waals surface area (Å²) in [6.07, 6.45) is 0. The summed E-state index contributed by atoms with van der Waals surface area (Å²) in [7, 11) is 0.211. The highest BCUT2D eigenvalue weighted by Gasteiger charge is 2.26. The number of fused-ring (bicyclic) bond motifs is 1. The number of benzene rings is 1. The molecule has 0 saturated carbocycles. The minimum Gasteiger partial charge on any atom is -0.360 e. The van der Waals surface area contributed by atoms with Crippen molar-refractivity contribution in [3.8, 4) is 0 Å². The van der Waals surface area contributed by atoms with E-state index in [1.807, 2.05) is 31.1 Å². The first-order valence-electron chi connectivity index (χ1n) is 7.86. The molecular weight excluding hydrogens is 358 g/mol. The van der Waals surface area contributed by atoms with Gasteiger partial charge in [0, 0.05) is 17.3 Å². The van der Waals surface area contributed by atoms with E-state index in [9.17, 15) is 8.42 Å². The Labute approximate surface area is 151 Å². The fourth-order valence-electron chi connectivity index (χ4n) is 2.95. The topological polar surface area (TPSA) is 75.4 Å². The van der Waals surface area contributed by atoms with Crippen molar-refractivity contribution in [3.63, 3.8) is 0 Å². The molecule has 0 saturated heterocycles. The third-order valence-electron chi connectivity index (χ3n) is 4.20. The number of rotatable bonds is 6. The summed E-state index contributed by atoms with van der Waals surface area (Å²) in [5.74, 6) is 0.299. The van der Waals surface area contributed by atoms with E-state index in [-0.39, 0.29) is 17.5 Å². The van der Waals surface area contributed by atoms with Crippen molar-refractivity contribution < 1.29 is 12.9 Å². The van der Waals surface area contributed by atoms with Crippen molar-refractivity contribution in [1.29, 1.82) is 0 Å². The molecular formula is C17H21N3O3S2. The highest BCUT2D eigenvalue weighted by atomic mass is 32.2. The van der Waals surface area contributed by atoms with Crippen LogP contribution < -0.4 is 4.72 Å². The first-order valence-corrected chi connectivity index (χ1v) is 10.2. The van der Waals surface area contributed by atoms with Crippen molar-refractivity contribution in [2.45, 2.75) is 24.8 Å². The third-order valence-corrected chi connectivity index (χ3v) is 6.85. The van der Waals surface area contributed by atoms with E-state index in [4.69, 9.17) is 4.52 Å². The van der Waals surface area contributed by atoms with Crippen molar-refractivity contribution in [3.05, 3.63) is 46.7 Å². The molecule has 25 heavy (non-hydrogen) atoms. The monoisotopic (exact) mass is 379 g/mol. The zero-order valence-electron chi connectivity index (χ0n) is 14.6. The predicted octanol–water partition coefficient (Wildman–Crippen LogP) is 3.09. The van der Waals surface area contributed by atoms with Gasteiger partial charge in [-0.1, -0.05) is 23.4 Å². The van der Waals surface area contributed by atoms with E-state index >= 15 is 0 Å². The Morgan fingerprint density at radius 2 is 2.00 bits per heavy atom. The van der Waals surface area contributed by atoms with E-state index in [1.54, 1.807) is 25.2 Å². The molecule has 0 radical (unpaired) electrons. The maximum Gasteiger partial charge on any atom is 0.246 e. The number of thiophene rings is 1. The van der Waals surface area contributed by atoms with Gasteiger partial charge in [-0.3, -0.25) is 0 Å². The Morgan fingerprint density at radius 1 is 1.28 bits per heavy atom. The molecule has 8 heteroatoms. The van der Waals surface area contributed by atoms with Crippen LogP contribution in [0.4, 0.5) is 0 Å². The maximum absolute atomic E-state index is 12.7. The first-order chi connectivity index (χ1) is 11.8. The Balaban J connectivity index is 1.89. The van der Waals surface area contributed by atoms with Crippen molar-refractivity contribution in [2.75, 3.05) is 20.6 Å². The van der Waals surface area contributed by atoms with Crippen molar-refractivity contribution in [1.82, 2.24) is 14.8 Å². The van der Waals surface area contributed by atoms with E-state index in [1.165, 1.54) is 4.70 Å². The lowest BCUT2D eigenvalue weighted by Crippen LogP contribution is -2.34. The summed E-state index contributed by atoms with van der Waals surface area (Å²) in [6, 6.07) is 8.07. The number of nitrogens with one attached hydrogen (secondary N) is 1. The highest BCUT2D eigenvalue weighted by molar-refractivity contribution is 7.89. The molecule has 6 nitrogen and oxygen atoms in total. The summed E-state index contributed by atoms with van der Waals surface area (Å²) >= 11 is 1.67. The number of hydrogen-bond acceptors (Lipinski definition) is 6. The number of sulfonamides is 1. The van der Waals surface area contributed by atoms with Gasteiger partial charge in [0.15, 0.2) is 5.76 Å². The van der Waals surface area contributed by atoms with Gasteiger partial charge in [0.05, 0.1) is 0 Å². The molecule has 2 aromatic heterocycles. The van der Waals surface area contributed by atoms with Gasteiger partial charge in [-0.2, -0.15) is 0 Å². The Bertz CT molecular complexity index is 970. The minimum absolute atomic E-state index is 0.0774. The van der Waals surface area contributed by atoms with E-state index < -0.39 is 10.0 Å². The molecule has 134 valence electrons. The summed E-state index contributed by atoms with van der Waals surface area (Å²) in [6.45, 7) is 3.49. The van der Waals surface area contributed by atoms with Gasteiger partial charge >= 0.3 is 0 Å². The van der Waals surface area contributed by atoms with Gasteiger partial charge in [-0.05, 0) is 50.3 Å². The van der Waals surface area contributed by atoms with Crippen LogP contribution in [-0.2, 0) is 10.0 Å². The molecule has 2 heterocycles. The van der Waals surface area contributed by atoms with Crippen molar-refractivity contribution >= 4 is 31.4 Å². The molecule has 1 N–H and O–H groups in total. The normalized spacial score (nSPS) is 13.6. The SMILES string of the molecule is Cc1noc(C)c1S(=O)(=O)NC[C@H](c1csc2ccccc12)N(C)C. The molecule has 3 aromatic rings. The minimum atomic E-state index is -3.68. The quantitative estimate of drug-likeness (QED) is 0.712. The second-order valence-electron chi connectivity index (χ2n) is 6.17. The van der Waals surface area contributed by atoms with Crippen LogP contribution in [0.5, 0.6) is 0 Å². The molecule has 3 rings (SSSR count). The van der Waals surface area contributed by atoms with E-state index in [0.717, 1.165) is 10.9 Å². The predicted molar refractivity (Wildman–Crippen MR) is 99.4 cm³/mol. The summed E-state index contributed by atoms with van der Waals surface area (Å²) in [5, 5.41) is 6.98. The van der Waals surface area contributed by atoms with Crippen LogP contribution in [0.25, 0.3) is 10.1 Å². The molecule has 0 unspecified atom stereocenters. The number of nitrogens with zero attached hydrogens (tertiary/aromatic N) is 2. The molecule has 0 spiro atoms. The van der Waals surface area contributed by atoms with Crippen LogP contribution in [0.1, 0.15) is 23.1 Å². The van der Waals surface area contributed by atoms with Crippen LogP contribution in [0.15, 0.2) is 39.1 Å². The smallest absolute Gasteiger partial charge is 0.246 e. The Morgan fingerprint density at radius 3 is 2.64 bits per heavy atom. The van der Waals surface area contributed by atoms with Gasteiger partial charge in [0.2, 0.25) is 10.0 Å². The molecule has 0 fully saturated rings. The van der Waals surface area contributed by atoms with E-state index in [0.29, 0.717) is 11.5 Å².